The minimum absolute atomic E-state index is 0.119. The van der Waals surface area contributed by atoms with Crippen molar-refractivity contribution in [2.24, 2.45) is 0 Å². The molecule has 1 aromatic heterocycles. The van der Waals surface area contributed by atoms with Gasteiger partial charge in [0.1, 0.15) is 10.7 Å². The van der Waals surface area contributed by atoms with E-state index in [-0.39, 0.29) is 12.3 Å². The maximum absolute atomic E-state index is 12.9. The zero-order valence-electron chi connectivity index (χ0n) is 14.3. The van der Waals surface area contributed by atoms with Gasteiger partial charge in [0.15, 0.2) is 5.76 Å². The predicted octanol–water partition coefficient (Wildman–Crippen LogP) is 3.51. The first-order valence-electron chi connectivity index (χ1n) is 8.10. The molecule has 2 amide bonds. The van der Waals surface area contributed by atoms with Crippen molar-refractivity contribution in [3.8, 4) is 0 Å². The number of amides is 2. The SMILES string of the molecule is O=C(Nc1cccc(CNC(=O)c2ccc([N+](=O)[O-])o2)c1)c1ccc(F)cc1. The number of rotatable bonds is 6. The fraction of sp³-hybridized carbons (Fsp3) is 0.0526. The van der Waals surface area contributed by atoms with Crippen molar-refractivity contribution in [2.45, 2.75) is 6.54 Å². The summed E-state index contributed by atoms with van der Waals surface area (Å²) >= 11 is 0. The molecule has 9 heteroatoms. The second kappa shape index (κ2) is 8.12. The molecule has 0 saturated heterocycles. The van der Waals surface area contributed by atoms with Gasteiger partial charge in [-0.25, -0.2) is 4.39 Å². The average molecular weight is 383 g/mol. The van der Waals surface area contributed by atoms with Crippen LogP contribution in [0.15, 0.2) is 65.1 Å². The van der Waals surface area contributed by atoms with E-state index in [1.807, 2.05) is 0 Å². The van der Waals surface area contributed by atoms with Crippen LogP contribution in [0.1, 0.15) is 26.5 Å². The normalized spacial score (nSPS) is 10.3. The number of hydrogen-bond acceptors (Lipinski definition) is 5. The summed E-state index contributed by atoms with van der Waals surface area (Å²) in [6.45, 7) is 0.119. The van der Waals surface area contributed by atoms with Gasteiger partial charge in [-0.2, -0.15) is 0 Å². The Hall–Kier alpha value is -4.01. The van der Waals surface area contributed by atoms with Crippen LogP contribution in [0.3, 0.4) is 0 Å². The highest BCUT2D eigenvalue weighted by atomic mass is 19.1. The van der Waals surface area contributed by atoms with Crippen molar-refractivity contribution in [3.63, 3.8) is 0 Å². The highest BCUT2D eigenvalue weighted by Gasteiger charge is 2.17. The topological polar surface area (TPSA) is 114 Å². The molecule has 0 atom stereocenters. The summed E-state index contributed by atoms with van der Waals surface area (Å²) in [5.41, 5.74) is 1.49. The molecule has 3 aromatic rings. The molecule has 0 radical (unpaired) electrons. The molecular weight excluding hydrogens is 369 g/mol. The van der Waals surface area contributed by atoms with E-state index in [4.69, 9.17) is 4.42 Å². The van der Waals surface area contributed by atoms with E-state index < -0.39 is 28.4 Å². The summed E-state index contributed by atoms with van der Waals surface area (Å²) in [6, 6.07) is 14.2. The lowest BCUT2D eigenvalue weighted by atomic mass is 10.1. The molecule has 0 unspecified atom stereocenters. The summed E-state index contributed by atoms with van der Waals surface area (Å²) in [7, 11) is 0. The number of nitrogens with one attached hydrogen (secondary N) is 2. The molecule has 0 bridgehead atoms. The van der Waals surface area contributed by atoms with Crippen LogP contribution in [-0.4, -0.2) is 16.7 Å². The number of benzene rings is 2. The lowest BCUT2D eigenvalue weighted by molar-refractivity contribution is -0.402. The Morgan fingerprint density at radius 1 is 1.04 bits per heavy atom. The standard InChI is InChI=1S/C19H14FN3O5/c20-14-6-4-13(5-7-14)18(24)22-15-3-1-2-12(10-15)11-21-19(25)16-8-9-17(28-16)23(26)27/h1-10H,11H2,(H,21,25)(H,22,24). The molecule has 28 heavy (non-hydrogen) atoms. The van der Waals surface area contributed by atoms with Gasteiger partial charge >= 0.3 is 5.88 Å². The van der Waals surface area contributed by atoms with E-state index in [9.17, 15) is 24.1 Å². The fourth-order valence-electron chi connectivity index (χ4n) is 2.38. The van der Waals surface area contributed by atoms with Gasteiger partial charge in [-0.3, -0.25) is 19.7 Å². The quantitative estimate of drug-likeness (QED) is 0.499. The Morgan fingerprint density at radius 3 is 2.46 bits per heavy atom. The van der Waals surface area contributed by atoms with Gasteiger partial charge in [-0.15, -0.1) is 0 Å². The first-order valence-corrected chi connectivity index (χ1v) is 8.10. The molecule has 1 heterocycles. The Morgan fingerprint density at radius 2 is 1.79 bits per heavy atom. The molecule has 0 fully saturated rings. The molecule has 0 saturated carbocycles. The lowest BCUT2D eigenvalue weighted by Gasteiger charge is -2.08. The Labute approximate surface area is 158 Å². The van der Waals surface area contributed by atoms with Crippen molar-refractivity contribution in [2.75, 3.05) is 5.32 Å². The number of furan rings is 1. The number of carbonyl (C=O) groups excluding carboxylic acids is 2. The molecule has 2 aromatic carbocycles. The number of nitrogens with zero attached hydrogens (tertiary/aromatic N) is 1. The maximum Gasteiger partial charge on any atom is 0.433 e. The summed E-state index contributed by atoms with van der Waals surface area (Å²) < 4.78 is 17.8. The van der Waals surface area contributed by atoms with Crippen molar-refractivity contribution >= 4 is 23.4 Å². The first kappa shape index (κ1) is 18.8. The van der Waals surface area contributed by atoms with Crippen LogP contribution in [-0.2, 0) is 6.54 Å². The van der Waals surface area contributed by atoms with Gasteiger partial charge in [0, 0.05) is 17.8 Å². The lowest BCUT2D eigenvalue weighted by Crippen LogP contribution is -2.22. The van der Waals surface area contributed by atoms with E-state index in [1.54, 1.807) is 24.3 Å². The second-order valence-corrected chi connectivity index (χ2v) is 5.74. The largest absolute Gasteiger partial charge is 0.433 e. The van der Waals surface area contributed by atoms with Crippen molar-refractivity contribution < 1.29 is 23.3 Å². The number of anilines is 1. The molecule has 2 N–H and O–H groups in total. The van der Waals surface area contributed by atoms with Gasteiger partial charge in [-0.1, -0.05) is 12.1 Å². The van der Waals surface area contributed by atoms with Gasteiger partial charge in [0.25, 0.3) is 11.8 Å². The average Bonchev–Trinajstić information content (AvgIpc) is 3.17. The number of halogens is 1. The molecule has 0 aliphatic heterocycles. The van der Waals surface area contributed by atoms with E-state index in [0.29, 0.717) is 16.8 Å². The van der Waals surface area contributed by atoms with Gasteiger partial charge in [0.2, 0.25) is 0 Å². The number of hydrogen-bond donors (Lipinski definition) is 2. The molecule has 0 spiro atoms. The predicted molar refractivity (Wildman–Crippen MR) is 97.3 cm³/mol. The van der Waals surface area contributed by atoms with E-state index >= 15 is 0 Å². The Kier molecular flexibility index (Phi) is 5.45. The van der Waals surface area contributed by atoms with Crippen molar-refractivity contribution in [1.82, 2.24) is 5.32 Å². The molecule has 142 valence electrons. The molecule has 0 aliphatic rings. The van der Waals surface area contributed by atoms with E-state index in [2.05, 4.69) is 10.6 Å². The van der Waals surface area contributed by atoms with Crippen LogP contribution < -0.4 is 10.6 Å². The summed E-state index contributed by atoms with van der Waals surface area (Å²) in [4.78, 5) is 34.0. The minimum atomic E-state index is -0.732. The second-order valence-electron chi connectivity index (χ2n) is 5.74. The van der Waals surface area contributed by atoms with Crippen LogP contribution in [0.4, 0.5) is 16.0 Å². The fourth-order valence-corrected chi connectivity index (χ4v) is 2.38. The van der Waals surface area contributed by atoms with Crippen LogP contribution in [0.5, 0.6) is 0 Å². The third kappa shape index (κ3) is 4.58. The number of nitro groups is 1. The van der Waals surface area contributed by atoms with Crippen LogP contribution in [0.25, 0.3) is 0 Å². The third-order valence-electron chi connectivity index (χ3n) is 3.74. The minimum Gasteiger partial charge on any atom is -0.395 e. The first-order chi connectivity index (χ1) is 13.4. The van der Waals surface area contributed by atoms with Crippen molar-refractivity contribution in [1.29, 1.82) is 0 Å². The monoisotopic (exact) mass is 383 g/mol. The molecule has 3 rings (SSSR count). The molecule has 8 nitrogen and oxygen atoms in total. The Balaban J connectivity index is 1.61. The smallest absolute Gasteiger partial charge is 0.395 e. The van der Waals surface area contributed by atoms with E-state index in [1.165, 1.54) is 30.3 Å². The van der Waals surface area contributed by atoms with Crippen LogP contribution >= 0.6 is 0 Å². The van der Waals surface area contributed by atoms with E-state index in [0.717, 1.165) is 6.07 Å². The third-order valence-corrected chi connectivity index (χ3v) is 3.74. The van der Waals surface area contributed by atoms with Crippen molar-refractivity contribution in [3.05, 3.63) is 93.5 Å². The van der Waals surface area contributed by atoms with Crippen LogP contribution in [0, 0.1) is 15.9 Å². The van der Waals surface area contributed by atoms with Gasteiger partial charge in [0.05, 0.1) is 6.07 Å². The summed E-state index contributed by atoms with van der Waals surface area (Å²) in [5.74, 6) is -2.13. The molecular formula is C19H14FN3O5. The summed E-state index contributed by atoms with van der Waals surface area (Å²) in [5, 5.41) is 15.8. The Bertz CT molecular complexity index is 1030. The zero-order valence-corrected chi connectivity index (χ0v) is 14.3. The highest BCUT2D eigenvalue weighted by molar-refractivity contribution is 6.04. The zero-order chi connectivity index (χ0) is 20.1. The number of carbonyl (C=O) groups is 2. The highest BCUT2D eigenvalue weighted by Crippen LogP contribution is 2.16. The van der Waals surface area contributed by atoms with Gasteiger partial charge < -0.3 is 15.1 Å². The maximum atomic E-state index is 12.9. The van der Waals surface area contributed by atoms with Gasteiger partial charge in [-0.05, 0) is 48.0 Å². The summed E-state index contributed by atoms with van der Waals surface area (Å²) in [6.07, 6.45) is 0. The molecule has 0 aliphatic carbocycles. The van der Waals surface area contributed by atoms with Crippen LogP contribution in [0.2, 0.25) is 0 Å².